The Kier molecular flexibility index (Phi) is 6.43. The van der Waals surface area contributed by atoms with Gasteiger partial charge in [0.25, 0.3) is 0 Å². The zero-order valence-electron chi connectivity index (χ0n) is 17.1. The van der Waals surface area contributed by atoms with Crippen molar-refractivity contribution in [3.8, 4) is 0 Å². The molecule has 32 heavy (non-hydrogen) atoms. The molecule has 0 radical (unpaired) electrons. The summed E-state index contributed by atoms with van der Waals surface area (Å²) in [5.41, 5.74) is 4.33. The van der Waals surface area contributed by atoms with E-state index < -0.39 is 0 Å². The molecule has 0 atom stereocenters. The molecule has 2 aromatic carbocycles. The zero-order valence-corrected chi connectivity index (χ0v) is 17.9. The minimum Gasteiger partial charge on any atom is -0.396 e. The highest BCUT2D eigenvalue weighted by atomic mass is 35.5. The van der Waals surface area contributed by atoms with Gasteiger partial charge in [0.1, 0.15) is 16.9 Å². The van der Waals surface area contributed by atoms with Crippen molar-refractivity contribution in [2.24, 2.45) is 0 Å². The van der Waals surface area contributed by atoms with Crippen LogP contribution in [0.1, 0.15) is 12.8 Å². The van der Waals surface area contributed by atoms with Gasteiger partial charge in [-0.1, -0.05) is 6.07 Å². The van der Waals surface area contributed by atoms with Crippen molar-refractivity contribution in [2.45, 2.75) is 12.8 Å². The van der Waals surface area contributed by atoms with Crippen LogP contribution >= 0.6 is 12.4 Å². The summed E-state index contributed by atoms with van der Waals surface area (Å²) in [5, 5.41) is 31.5. The van der Waals surface area contributed by atoms with Gasteiger partial charge in [-0.05, 0) is 49.2 Å². The summed E-state index contributed by atoms with van der Waals surface area (Å²) in [7, 11) is 0. The molecule has 11 heteroatoms. The van der Waals surface area contributed by atoms with Crippen molar-refractivity contribution in [1.82, 2.24) is 35.6 Å². The molecule has 0 amide bonds. The number of halogens is 1. The largest absolute Gasteiger partial charge is 0.396 e. The first-order valence-corrected chi connectivity index (χ1v) is 10.0. The van der Waals surface area contributed by atoms with Crippen LogP contribution in [0.5, 0.6) is 0 Å². The molecule has 0 spiro atoms. The van der Waals surface area contributed by atoms with E-state index in [2.05, 4.69) is 40.8 Å². The first-order valence-electron chi connectivity index (χ1n) is 10.0. The van der Waals surface area contributed by atoms with Crippen LogP contribution in [0.4, 0.5) is 23.1 Å². The van der Waals surface area contributed by atoms with Gasteiger partial charge in [0.2, 0.25) is 5.95 Å². The van der Waals surface area contributed by atoms with Gasteiger partial charge in [-0.25, -0.2) is 4.98 Å². The van der Waals surface area contributed by atoms with E-state index in [4.69, 9.17) is 4.98 Å². The second-order valence-electron chi connectivity index (χ2n) is 7.08. The Bertz CT molecular complexity index is 1320. The Morgan fingerprint density at radius 3 is 2.84 bits per heavy atom. The third kappa shape index (κ3) is 4.32. The molecule has 5 aromatic rings. The third-order valence-corrected chi connectivity index (χ3v) is 5.03. The second kappa shape index (κ2) is 9.58. The van der Waals surface area contributed by atoms with Crippen molar-refractivity contribution in [3.63, 3.8) is 0 Å². The van der Waals surface area contributed by atoms with Crippen LogP contribution in [0.25, 0.3) is 21.9 Å². The first kappa shape index (κ1) is 21.5. The number of nitrogens with one attached hydrogen (secondary N) is 3. The predicted molar refractivity (Wildman–Crippen MR) is 126 cm³/mol. The van der Waals surface area contributed by atoms with Gasteiger partial charge in [-0.2, -0.15) is 25.5 Å². The van der Waals surface area contributed by atoms with E-state index in [-0.39, 0.29) is 19.0 Å². The lowest BCUT2D eigenvalue weighted by Crippen LogP contribution is -2.20. The van der Waals surface area contributed by atoms with Gasteiger partial charge in [-0.3, -0.25) is 5.10 Å². The molecule has 0 unspecified atom stereocenters. The molecule has 10 nitrogen and oxygen atoms in total. The van der Waals surface area contributed by atoms with Gasteiger partial charge in [0, 0.05) is 30.4 Å². The average molecular weight is 452 g/mol. The van der Waals surface area contributed by atoms with E-state index in [1.54, 1.807) is 6.20 Å². The van der Waals surface area contributed by atoms with Gasteiger partial charge < -0.3 is 15.3 Å². The number of H-pyrrole nitrogens is 2. The lowest BCUT2D eigenvalue weighted by atomic mass is 10.2. The van der Waals surface area contributed by atoms with Crippen LogP contribution in [-0.4, -0.2) is 53.8 Å². The number of fused-ring (bicyclic) bond motifs is 2. The molecule has 3 heterocycles. The maximum Gasteiger partial charge on any atom is 0.229 e. The number of hydrogen-bond donors (Lipinski definition) is 4. The SMILES string of the molecule is Cl.OCCCCN(c1ccnc(Nc2ccc3n[nH]nc3c2)n1)c1cccc2[nH]ncc12. The highest BCUT2D eigenvalue weighted by Crippen LogP contribution is 2.31. The number of rotatable bonds is 8. The minimum absolute atomic E-state index is 0. The van der Waals surface area contributed by atoms with Crippen LogP contribution in [0, 0.1) is 0 Å². The Labute approximate surface area is 189 Å². The number of nitrogens with zero attached hydrogens (tertiary/aromatic N) is 6. The fraction of sp³-hybridized carbons (Fsp3) is 0.190. The molecule has 4 N–H and O–H groups in total. The van der Waals surface area contributed by atoms with Crippen LogP contribution in [0.3, 0.4) is 0 Å². The molecule has 0 bridgehead atoms. The fourth-order valence-electron chi connectivity index (χ4n) is 3.53. The van der Waals surface area contributed by atoms with Gasteiger partial charge in [-0.15, -0.1) is 12.4 Å². The highest BCUT2D eigenvalue weighted by molar-refractivity contribution is 5.93. The molecular formula is C21H22ClN9O. The number of aromatic nitrogens is 7. The Morgan fingerprint density at radius 2 is 1.94 bits per heavy atom. The van der Waals surface area contributed by atoms with Crippen molar-refractivity contribution < 1.29 is 5.11 Å². The Morgan fingerprint density at radius 1 is 1.03 bits per heavy atom. The van der Waals surface area contributed by atoms with E-state index in [0.29, 0.717) is 18.9 Å². The summed E-state index contributed by atoms with van der Waals surface area (Å²) in [6, 6.07) is 13.6. The smallest absolute Gasteiger partial charge is 0.229 e. The topological polar surface area (TPSA) is 132 Å². The standard InChI is InChI=1S/C21H21N9O.ClH/c31-11-2-1-10-30(19-5-3-4-16-15(19)13-23-26-16)20-8-9-22-21(25-20)24-14-6-7-17-18(12-14)28-29-27-17;/h3-9,12-13,31H,1-2,10-11H2,(H,23,26)(H,22,24,25)(H,27,28,29);1H. The summed E-state index contributed by atoms with van der Waals surface area (Å²) in [6.07, 6.45) is 5.08. The number of benzene rings is 2. The molecular weight excluding hydrogens is 430 g/mol. The van der Waals surface area contributed by atoms with E-state index >= 15 is 0 Å². The predicted octanol–water partition coefficient (Wildman–Crippen LogP) is 3.70. The van der Waals surface area contributed by atoms with Crippen molar-refractivity contribution in [1.29, 1.82) is 0 Å². The number of unbranched alkanes of at least 4 members (excludes halogenated alkanes) is 1. The zero-order chi connectivity index (χ0) is 21.0. The van der Waals surface area contributed by atoms with Crippen molar-refractivity contribution >= 4 is 57.5 Å². The monoisotopic (exact) mass is 451 g/mol. The highest BCUT2D eigenvalue weighted by Gasteiger charge is 2.15. The lowest BCUT2D eigenvalue weighted by molar-refractivity contribution is 0.285. The molecule has 0 saturated heterocycles. The number of aliphatic hydroxyl groups is 1. The summed E-state index contributed by atoms with van der Waals surface area (Å²) < 4.78 is 0. The Balaban J connectivity index is 0.00000245. The summed E-state index contributed by atoms with van der Waals surface area (Å²) in [5.74, 6) is 1.23. The van der Waals surface area contributed by atoms with E-state index in [1.165, 1.54) is 0 Å². The van der Waals surface area contributed by atoms with Gasteiger partial charge in [0.15, 0.2) is 0 Å². The normalized spacial score (nSPS) is 10.9. The minimum atomic E-state index is 0. The summed E-state index contributed by atoms with van der Waals surface area (Å²) in [6.45, 7) is 0.858. The third-order valence-electron chi connectivity index (χ3n) is 5.03. The van der Waals surface area contributed by atoms with Gasteiger partial charge in [0.05, 0.1) is 17.4 Å². The number of aliphatic hydroxyl groups excluding tert-OH is 1. The molecule has 5 rings (SSSR count). The van der Waals surface area contributed by atoms with Crippen molar-refractivity contribution in [3.05, 3.63) is 54.9 Å². The van der Waals surface area contributed by atoms with Gasteiger partial charge >= 0.3 is 0 Å². The number of hydrogen-bond acceptors (Lipinski definition) is 8. The summed E-state index contributed by atoms with van der Waals surface area (Å²) >= 11 is 0. The molecule has 0 aliphatic carbocycles. The fourth-order valence-corrected chi connectivity index (χ4v) is 3.53. The quantitative estimate of drug-likeness (QED) is 0.262. The second-order valence-corrected chi connectivity index (χ2v) is 7.08. The summed E-state index contributed by atoms with van der Waals surface area (Å²) in [4.78, 5) is 11.3. The Hall–Kier alpha value is -3.76. The number of aromatic amines is 2. The van der Waals surface area contributed by atoms with Crippen LogP contribution in [0.2, 0.25) is 0 Å². The van der Waals surface area contributed by atoms with Crippen LogP contribution < -0.4 is 10.2 Å². The lowest BCUT2D eigenvalue weighted by Gasteiger charge is -2.25. The van der Waals surface area contributed by atoms with E-state index in [9.17, 15) is 5.11 Å². The van der Waals surface area contributed by atoms with E-state index in [0.717, 1.165) is 45.5 Å². The molecule has 0 saturated carbocycles. The maximum absolute atomic E-state index is 9.25. The molecule has 0 aliphatic rings. The molecule has 0 aliphatic heterocycles. The maximum atomic E-state index is 9.25. The molecule has 0 fully saturated rings. The first-order chi connectivity index (χ1) is 15.3. The van der Waals surface area contributed by atoms with Crippen LogP contribution in [0.15, 0.2) is 54.9 Å². The number of anilines is 4. The average Bonchev–Trinajstić information content (AvgIpc) is 3.46. The van der Waals surface area contributed by atoms with Crippen LogP contribution in [-0.2, 0) is 0 Å². The van der Waals surface area contributed by atoms with Crippen molar-refractivity contribution in [2.75, 3.05) is 23.4 Å². The molecule has 3 aromatic heterocycles. The van der Waals surface area contributed by atoms with E-state index in [1.807, 2.05) is 48.7 Å². The molecule has 164 valence electrons.